The van der Waals surface area contributed by atoms with E-state index in [4.69, 9.17) is 4.74 Å². The van der Waals surface area contributed by atoms with Gasteiger partial charge in [0.25, 0.3) is 0 Å². The summed E-state index contributed by atoms with van der Waals surface area (Å²) in [6.45, 7) is 6.09. The molecule has 0 N–H and O–H groups in total. The van der Waals surface area contributed by atoms with Gasteiger partial charge in [-0.2, -0.15) is 0 Å². The van der Waals surface area contributed by atoms with Gasteiger partial charge in [0.05, 0.1) is 13.2 Å². The van der Waals surface area contributed by atoms with Gasteiger partial charge in [0, 0.05) is 0 Å². The Morgan fingerprint density at radius 1 is 1.18 bits per heavy atom. The number of aryl methyl sites for hydroxylation is 1. The minimum absolute atomic E-state index is 0.761. The molecule has 0 bridgehead atoms. The lowest BCUT2D eigenvalue weighted by Gasteiger charge is -2.18. The van der Waals surface area contributed by atoms with Crippen molar-refractivity contribution in [2.45, 2.75) is 65.4 Å². The molecule has 1 aliphatic carbocycles. The summed E-state index contributed by atoms with van der Waals surface area (Å²) in [5, 5.41) is 0. The van der Waals surface area contributed by atoms with Crippen molar-refractivity contribution in [1.82, 2.24) is 0 Å². The maximum Gasteiger partial charge on any atom is 0.0717 e. The molecule has 122 valence electrons. The monoisotopic (exact) mass is 300 g/mol. The largest absolute Gasteiger partial charge is 0.376 e. The van der Waals surface area contributed by atoms with E-state index in [-0.39, 0.29) is 0 Å². The molecule has 2 rings (SSSR count). The Kier molecular flexibility index (Phi) is 7.73. The van der Waals surface area contributed by atoms with E-state index in [0.29, 0.717) is 0 Å². The second kappa shape index (κ2) is 9.84. The lowest BCUT2D eigenvalue weighted by molar-refractivity contribution is 0.0745. The average Bonchev–Trinajstić information content (AvgIpc) is 2.95. The number of ether oxygens (including phenoxy) is 1. The predicted octanol–water partition coefficient (Wildman–Crippen LogP) is 6.06. The number of benzene rings is 1. The van der Waals surface area contributed by atoms with Crippen molar-refractivity contribution in [2.75, 3.05) is 6.61 Å². The summed E-state index contributed by atoms with van der Waals surface area (Å²) in [6, 6.07) is 8.65. The van der Waals surface area contributed by atoms with Crippen molar-refractivity contribution >= 4 is 0 Å². The van der Waals surface area contributed by atoms with E-state index in [1.165, 1.54) is 56.1 Å². The lowest BCUT2D eigenvalue weighted by atomic mass is 9.93. The third-order valence-electron chi connectivity index (χ3n) is 4.83. The topological polar surface area (TPSA) is 9.23 Å². The SMILES string of the molecule is CCCC/C=C\CC1CCCC1COCc1cccc(C)c1. The number of rotatable bonds is 9. The van der Waals surface area contributed by atoms with Gasteiger partial charge < -0.3 is 4.74 Å². The summed E-state index contributed by atoms with van der Waals surface area (Å²) in [5.41, 5.74) is 2.62. The molecule has 1 nitrogen and oxygen atoms in total. The number of allylic oxidation sites excluding steroid dienone is 2. The molecule has 0 radical (unpaired) electrons. The van der Waals surface area contributed by atoms with Gasteiger partial charge in [0.1, 0.15) is 0 Å². The Labute approximate surface area is 136 Å². The Morgan fingerprint density at radius 3 is 2.86 bits per heavy atom. The van der Waals surface area contributed by atoms with Gasteiger partial charge in [-0.25, -0.2) is 0 Å². The van der Waals surface area contributed by atoms with Crippen molar-refractivity contribution in [3.63, 3.8) is 0 Å². The molecule has 2 unspecified atom stereocenters. The van der Waals surface area contributed by atoms with Crippen molar-refractivity contribution < 1.29 is 4.74 Å². The van der Waals surface area contributed by atoms with E-state index in [1.807, 2.05) is 0 Å². The van der Waals surface area contributed by atoms with Crippen LogP contribution in [0.2, 0.25) is 0 Å². The van der Waals surface area contributed by atoms with E-state index in [0.717, 1.165) is 25.0 Å². The van der Waals surface area contributed by atoms with Gasteiger partial charge in [-0.05, 0) is 50.0 Å². The summed E-state index contributed by atoms with van der Waals surface area (Å²) in [6.07, 6.45) is 14.0. The first-order valence-electron chi connectivity index (χ1n) is 9.08. The highest BCUT2D eigenvalue weighted by Gasteiger charge is 2.26. The normalized spacial score (nSPS) is 21.7. The first-order valence-corrected chi connectivity index (χ1v) is 9.08. The summed E-state index contributed by atoms with van der Waals surface area (Å²) < 4.78 is 6.01. The Bertz CT molecular complexity index is 449. The van der Waals surface area contributed by atoms with Crippen molar-refractivity contribution in [3.05, 3.63) is 47.5 Å². The van der Waals surface area contributed by atoms with E-state index >= 15 is 0 Å². The van der Waals surface area contributed by atoms with Gasteiger partial charge in [-0.15, -0.1) is 0 Å². The summed E-state index contributed by atoms with van der Waals surface area (Å²) in [5.74, 6) is 1.61. The fourth-order valence-electron chi connectivity index (χ4n) is 3.48. The quantitative estimate of drug-likeness (QED) is 0.397. The van der Waals surface area contributed by atoms with Gasteiger partial charge in [0.2, 0.25) is 0 Å². The minimum atomic E-state index is 0.761. The van der Waals surface area contributed by atoms with Crippen LogP contribution in [-0.4, -0.2) is 6.61 Å². The highest BCUT2D eigenvalue weighted by molar-refractivity contribution is 5.21. The fraction of sp³-hybridized carbons (Fsp3) is 0.619. The summed E-state index contributed by atoms with van der Waals surface area (Å²) >= 11 is 0. The minimum Gasteiger partial charge on any atom is -0.376 e. The zero-order valence-corrected chi connectivity index (χ0v) is 14.4. The molecular formula is C21H32O. The van der Waals surface area contributed by atoms with Crippen LogP contribution in [0.3, 0.4) is 0 Å². The molecule has 1 aliphatic rings. The Hall–Kier alpha value is -1.08. The molecule has 1 aromatic rings. The van der Waals surface area contributed by atoms with E-state index in [9.17, 15) is 0 Å². The smallest absolute Gasteiger partial charge is 0.0717 e. The van der Waals surface area contributed by atoms with Crippen LogP contribution in [-0.2, 0) is 11.3 Å². The van der Waals surface area contributed by atoms with Crippen LogP contribution in [0.25, 0.3) is 0 Å². The van der Waals surface area contributed by atoms with Crippen LogP contribution >= 0.6 is 0 Å². The van der Waals surface area contributed by atoms with E-state index < -0.39 is 0 Å². The molecule has 0 spiro atoms. The summed E-state index contributed by atoms with van der Waals surface area (Å²) in [7, 11) is 0. The average molecular weight is 300 g/mol. The molecular weight excluding hydrogens is 268 g/mol. The Morgan fingerprint density at radius 2 is 2.05 bits per heavy atom. The molecule has 0 aromatic heterocycles. The van der Waals surface area contributed by atoms with Crippen LogP contribution in [0.15, 0.2) is 36.4 Å². The maximum atomic E-state index is 6.01. The Balaban J connectivity index is 1.68. The molecule has 1 saturated carbocycles. The van der Waals surface area contributed by atoms with E-state index in [2.05, 4.69) is 50.3 Å². The van der Waals surface area contributed by atoms with Gasteiger partial charge in [-0.1, -0.05) is 68.2 Å². The summed E-state index contributed by atoms with van der Waals surface area (Å²) in [4.78, 5) is 0. The van der Waals surface area contributed by atoms with Crippen LogP contribution in [0.1, 0.15) is 63.0 Å². The molecule has 1 aromatic carbocycles. The van der Waals surface area contributed by atoms with E-state index in [1.54, 1.807) is 0 Å². The molecule has 0 saturated heterocycles. The van der Waals surface area contributed by atoms with Crippen LogP contribution in [0, 0.1) is 18.8 Å². The van der Waals surface area contributed by atoms with Crippen molar-refractivity contribution in [1.29, 1.82) is 0 Å². The second-order valence-corrected chi connectivity index (χ2v) is 6.80. The molecule has 0 amide bonds. The first kappa shape index (κ1) is 17.3. The lowest BCUT2D eigenvalue weighted by Crippen LogP contribution is -2.14. The molecule has 1 heteroatoms. The molecule has 0 heterocycles. The first-order chi connectivity index (χ1) is 10.8. The van der Waals surface area contributed by atoms with Crippen LogP contribution in [0.4, 0.5) is 0 Å². The zero-order valence-electron chi connectivity index (χ0n) is 14.4. The molecule has 0 aliphatic heterocycles. The molecule has 1 fully saturated rings. The third kappa shape index (κ3) is 5.96. The van der Waals surface area contributed by atoms with Crippen molar-refractivity contribution in [3.8, 4) is 0 Å². The van der Waals surface area contributed by atoms with Gasteiger partial charge in [0.15, 0.2) is 0 Å². The second-order valence-electron chi connectivity index (χ2n) is 6.80. The molecule has 22 heavy (non-hydrogen) atoms. The highest BCUT2D eigenvalue weighted by atomic mass is 16.5. The predicted molar refractivity (Wildman–Crippen MR) is 94.9 cm³/mol. The zero-order chi connectivity index (χ0) is 15.6. The third-order valence-corrected chi connectivity index (χ3v) is 4.83. The van der Waals surface area contributed by atoms with Gasteiger partial charge >= 0.3 is 0 Å². The number of unbranched alkanes of at least 4 members (excludes halogenated alkanes) is 2. The fourth-order valence-corrected chi connectivity index (χ4v) is 3.48. The van der Waals surface area contributed by atoms with Gasteiger partial charge in [-0.3, -0.25) is 0 Å². The maximum absolute atomic E-state index is 6.01. The standard InChI is InChI=1S/C21H32O/c1-3-4-5-6-7-12-20-13-9-14-21(20)17-22-16-19-11-8-10-18(2)15-19/h6-8,10-11,15,20-21H,3-5,9,12-14,16-17H2,1-2H3/b7-6-. The number of hydrogen-bond acceptors (Lipinski definition) is 1. The van der Waals surface area contributed by atoms with Crippen LogP contribution < -0.4 is 0 Å². The molecule has 2 atom stereocenters. The number of hydrogen-bond donors (Lipinski definition) is 0. The highest BCUT2D eigenvalue weighted by Crippen LogP contribution is 2.34. The van der Waals surface area contributed by atoms with Crippen LogP contribution in [0.5, 0.6) is 0 Å². The van der Waals surface area contributed by atoms with Crippen molar-refractivity contribution in [2.24, 2.45) is 11.8 Å².